The van der Waals surface area contributed by atoms with E-state index in [0.29, 0.717) is 18.8 Å². The largest absolute Gasteiger partial charge is 0.508 e. The van der Waals surface area contributed by atoms with Crippen LogP contribution in [-0.4, -0.2) is 29.5 Å². The minimum atomic E-state index is 0.131. The fourth-order valence-electron chi connectivity index (χ4n) is 2.62. The number of hydrogen-bond acceptors (Lipinski definition) is 4. The minimum absolute atomic E-state index is 0.131. The highest BCUT2D eigenvalue weighted by atomic mass is 16.3. The number of hydrogen-bond donors (Lipinski definition) is 3. The van der Waals surface area contributed by atoms with Gasteiger partial charge in [-0.15, -0.1) is 0 Å². The summed E-state index contributed by atoms with van der Waals surface area (Å²) in [6.07, 6.45) is 4.90. The van der Waals surface area contributed by atoms with E-state index in [2.05, 4.69) is 17.2 Å². The molecule has 0 aliphatic rings. The van der Waals surface area contributed by atoms with E-state index in [1.807, 2.05) is 30.3 Å². The fourth-order valence-corrected chi connectivity index (χ4v) is 2.62. The van der Waals surface area contributed by atoms with Crippen LogP contribution in [0.15, 0.2) is 53.5 Å². The van der Waals surface area contributed by atoms with Crippen LogP contribution >= 0.6 is 0 Å². The summed E-state index contributed by atoms with van der Waals surface area (Å²) >= 11 is 0. The molecule has 0 aliphatic heterocycles. The van der Waals surface area contributed by atoms with Crippen molar-refractivity contribution in [2.24, 2.45) is 4.99 Å². The molecule has 4 heteroatoms. The van der Waals surface area contributed by atoms with Crippen LogP contribution in [0.1, 0.15) is 43.4 Å². The van der Waals surface area contributed by atoms with Gasteiger partial charge in [0.05, 0.1) is 6.54 Å². The Bertz CT molecular complexity index is 656. The Balaban J connectivity index is 1.89. The van der Waals surface area contributed by atoms with Gasteiger partial charge in [0.15, 0.2) is 0 Å². The number of para-hydroxylation sites is 2. The van der Waals surface area contributed by atoms with Crippen LogP contribution in [-0.2, 0) is 0 Å². The van der Waals surface area contributed by atoms with Gasteiger partial charge in [0.1, 0.15) is 11.5 Å². The van der Waals surface area contributed by atoms with Gasteiger partial charge in [-0.05, 0) is 24.6 Å². The molecule has 0 radical (unpaired) electrons. The fraction of sp³-hybridized carbons (Fsp3) is 0.350. The Morgan fingerprint density at radius 3 is 2.46 bits per heavy atom. The second-order valence-electron chi connectivity index (χ2n) is 5.80. The highest BCUT2D eigenvalue weighted by Gasteiger charge is 2.13. The van der Waals surface area contributed by atoms with Crippen molar-refractivity contribution in [2.45, 2.75) is 32.2 Å². The molecule has 0 saturated carbocycles. The number of unbranched alkanes of at least 4 members (excludes halogenated alkanes) is 1. The predicted molar refractivity (Wildman–Crippen MR) is 98.9 cm³/mol. The molecular weight excluding hydrogens is 300 g/mol. The van der Waals surface area contributed by atoms with Crippen molar-refractivity contribution in [3.63, 3.8) is 0 Å². The SMILES string of the molecule is CCCCC(NCCN=Cc1ccccc1O)c1ccccc1O. The van der Waals surface area contributed by atoms with Crippen LogP contribution in [0.2, 0.25) is 0 Å². The first-order chi connectivity index (χ1) is 11.7. The molecule has 0 bridgehead atoms. The van der Waals surface area contributed by atoms with Gasteiger partial charge in [0, 0.05) is 29.9 Å². The average molecular weight is 326 g/mol. The second kappa shape index (κ2) is 9.73. The number of rotatable bonds is 9. The molecule has 0 saturated heterocycles. The van der Waals surface area contributed by atoms with Crippen molar-refractivity contribution in [3.8, 4) is 11.5 Å². The Kier molecular flexibility index (Phi) is 7.30. The molecule has 1 unspecified atom stereocenters. The second-order valence-corrected chi connectivity index (χ2v) is 5.80. The van der Waals surface area contributed by atoms with Crippen molar-refractivity contribution in [3.05, 3.63) is 59.7 Å². The van der Waals surface area contributed by atoms with Gasteiger partial charge >= 0.3 is 0 Å². The number of aliphatic imine (C=N–C) groups is 1. The number of aromatic hydroxyl groups is 2. The first kappa shape index (κ1) is 18.0. The maximum absolute atomic E-state index is 10.1. The number of nitrogens with one attached hydrogen (secondary N) is 1. The Morgan fingerprint density at radius 1 is 1.04 bits per heavy atom. The third-order valence-electron chi connectivity index (χ3n) is 3.96. The number of nitrogens with zero attached hydrogens (tertiary/aromatic N) is 1. The Hall–Kier alpha value is -2.33. The molecule has 4 nitrogen and oxygen atoms in total. The molecule has 0 aromatic heterocycles. The number of phenols is 2. The van der Waals surface area contributed by atoms with Gasteiger partial charge in [0.25, 0.3) is 0 Å². The van der Waals surface area contributed by atoms with E-state index >= 15 is 0 Å². The number of phenolic OH excluding ortho intramolecular Hbond substituents is 2. The smallest absolute Gasteiger partial charge is 0.124 e. The maximum Gasteiger partial charge on any atom is 0.124 e. The maximum atomic E-state index is 10.1. The summed E-state index contributed by atoms with van der Waals surface area (Å²) in [5.74, 6) is 0.577. The molecule has 0 heterocycles. The lowest BCUT2D eigenvalue weighted by atomic mass is 10.00. The normalized spacial score (nSPS) is 12.5. The van der Waals surface area contributed by atoms with Crippen molar-refractivity contribution in [1.82, 2.24) is 5.32 Å². The molecule has 2 aromatic rings. The molecule has 2 aromatic carbocycles. The lowest BCUT2D eigenvalue weighted by Gasteiger charge is -2.19. The molecule has 2 rings (SSSR count). The summed E-state index contributed by atoms with van der Waals surface area (Å²) in [6, 6.07) is 14.8. The Morgan fingerprint density at radius 2 is 1.75 bits per heavy atom. The van der Waals surface area contributed by atoms with Crippen LogP contribution < -0.4 is 5.32 Å². The van der Waals surface area contributed by atoms with E-state index in [9.17, 15) is 10.2 Å². The first-order valence-corrected chi connectivity index (χ1v) is 8.51. The van der Waals surface area contributed by atoms with Crippen molar-refractivity contribution in [1.29, 1.82) is 0 Å². The van der Waals surface area contributed by atoms with Gasteiger partial charge < -0.3 is 15.5 Å². The zero-order chi connectivity index (χ0) is 17.2. The van der Waals surface area contributed by atoms with Gasteiger partial charge in [-0.25, -0.2) is 0 Å². The summed E-state index contributed by atoms with van der Waals surface area (Å²) in [7, 11) is 0. The molecule has 0 spiro atoms. The standard InChI is InChI=1S/C20H26N2O2/c1-2-3-10-18(17-9-5-7-12-20(17)24)22-14-13-21-15-16-8-4-6-11-19(16)23/h4-9,11-12,15,18,22-24H,2-3,10,13-14H2,1H3. The molecule has 24 heavy (non-hydrogen) atoms. The molecule has 0 aliphatic carbocycles. The van der Waals surface area contributed by atoms with Crippen molar-refractivity contribution in [2.75, 3.05) is 13.1 Å². The van der Waals surface area contributed by atoms with E-state index in [0.717, 1.165) is 30.4 Å². The summed E-state index contributed by atoms with van der Waals surface area (Å²) in [5.41, 5.74) is 1.66. The molecule has 0 fully saturated rings. The topological polar surface area (TPSA) is 64.9 Å². The lowest BCUT2D eigenvalue weighted by molar-refractivity contribution is 0.432. The van der Waals surface area contributed by atoms with Crippen LogP contribution in [0.25, 0.3) is 0 Å². The van der Waals surface area contributed by atoms with Crippen LogP contribution in [0.4, 0.5) is 0 Å². The third-order valence-corrected chi connectivity index (χ3v) is 3.96. The van der Waals surface area contributed by atoms with Crippen LogP contribution in [0, 0.1) is 0 Å². The molecular formula is C20H26N2O2. The van der Waals surface area contributed by atoms with E-state index in [-0.39, 0.29) is 11.8 Å². The predicted octanol–water partition coefficient (Wildman–Crippen LogP) is 4.04. The Labute approximate surface area is 143 Å². The minimum Gasteiger partial charge on any atom is -0.508 e. The third kappa shape index (κ3) is 5.39. The van der Waals surface area contributed by atoms with Crippen molar-refractivity contribution >= 4 is 6.21 Å². The van der Waals surface area contributed by atoms with Gasteiger partial charge in [0.2, 0.25) is 0 Å². The van der Waals surface area contributed by atoms with E-state index in [1.165, 1.54) is 0 Å². The summed E-state index contributed by atoms with van der Waals surface area (Å²) in [4.78, 5) is 4.36. The van der Waals surface area contributed by atoms with Crippen LogP contribution in [0.5, 0.6) is 11.5 Å². The lowest BCUT2D eigenvalue weighted by Crippen LogP contribution is -2.24. The first-order valence-electron chi connectivity index (χ1n) is 8.51. The summed E-state index contributed by atoms with van der Waals surface area (Å²) < 4.78 is 0. The van der Waals surface area contributed by atoms with E-state index < -0.39 is 0 Å². The van der Waals surface area contributed by atoms with Crippen molar-refractivity contribution < 1.29 is 10.2 Å². The monoisotopic (exact) mass is 326 g/mol. The van der Waals surface area contributed by atoms with Gasteiger partial charge in [-0.2, -0.15) is 0 Å². The van der Waals surface area contributed by atoms with E-state index in [1.54, 1.807) is 24.4 Å². The highest BCUT2D eigenvalue weighted by Crippen LogP contribution is 2.27. The summed E-state index contributed by atoms with van der Waals surface area (Å²) in [5, 5.41) is 23.2. The zero-order valence-electron chi connectivity index (χ0n) is 14.2. The average Bonchev–Trinajstić information content (AvgIpc) is 2.59. The molecule has 3 N–H and O–H groups in total. The van der Waals surface area contributed by atoms with E-state index in [4.69, 9.17) is 0 Å². The highest BCUT2D eigenvalue weighted by molar-refractivity contribution is 5.83. The molecule has 128 valence electrons. The molecule has 0 amide bonds. The zero-order valence-corrected chi connectivity index (χ0v) is 14.2. The molecule has 1 atom stereocenters. The number of benzene rings is 2. The van der Waals surface area contributed by atoms with Gasteiger partial charge in [-0.1, -0.05) is 50.1 Å². The quantitative estimate of drug-likeness (QED) is 0.481. The van der Waals surface area contributed by atoms with Gasteiger partial charge in [-0.3, -0.25) is 4.99 Å². The summed E-state index contributed by atoms with van der Waals surface area (Å²) in [6.45, 7) is 3.50. The van der Waals surface area contributed by atoms with Crippen LogP contribution in [0.3, 0.4) is 0 Å².